The fourth-order valence-electron chi connectivity index (χ4n) is 2.64. The number of hydrogen-bond acceptors (Lipinski definition) is 5. The molecule has 25 heavy (non-hydrogen) atoms. The van der Waals surface area contributed by atoms with E-state index in [1.54, 1.807) is 31.3 Å². The van der Waals surface area contributed by atoms with Gasteiger partial charge in [0.25, 0.3) is 5.91 Å². The first-order valence-corrected chi connectivity index (χ1v) is 8.76. The number of thiophene rings is 1. The molecule has 1 aromatic carbocycles. The van der Waals surface area contributed by atoms with Crippen molar-refractivity contribution in [2.45, 2.75) is 20.8 Å². The lowest BCUT2D eigenvalue weighted by Crippen LogP contribution is -2.15. The maximum Gasteiger partial charge on any atom is 0.341 e. The zero-order chi connectivity index (χ0) is 18.0. The van der Waals surface area contributed by atoms with Gasteiger partial charge in [-0.25, -0.2) is 4.79 Å². The predicted molar refractivity (Wildman–Crippen MR) is 99.4 cm³/mol. The smallest absolute Gasteiger partial charge is 0.341 e. The van der Waals surface area contributed by atoms with Crippen molar-refractivity contribution in [3.05, 3.63) is 58.1 Å². The number of nitrogens with zero attached hydrogens (tertiary/aromatic N) is 1. The third-order valence-corrected chi connectivity index (χ3v) is 5.10. The largest absolute Gasteiger partial charge is 0.462 e. The van der Waals surface area contributed by atoms with Crippen LogP contribution in [0.15, 0.2) is 36.5 Å². The van der Waals surface area contributed by atoms with Crippen molar-refractivity contribution in [1.29, 1.82) is 0 Å². The Kier molecular flexibility index (Phi) is 4.81. The van der Waals surface area contributed by atoms with E-state index in [1.807, 2.05) is 26.0 Å². The standard InChI is InChI=1S/C19H18N2O3S/c1-4-24-19(23)16-11(2)12(3)25-18(16)21-17(22)14-7-5-9-15-13(14)8-6-10-20-15/h5-10H,4H2,1-3H3,(H,21,22). The van der Waals surface area contributed by atoms with Crippen LogP contribution >= 0.6 is 11.3 Å². The van der Waals surface area contributed by atoms with Crippen LogP contribution in [0.3, 0.4) is 0 Å². The summed E-state index contributed by atoms with van der Waals surface area (Å²) >= 11 is 1.38. The zero-order valence-corrected chi connectivity index (χ0v) is 15.1. The van der Waals surface area contributed by atoms with Crippen molar-refractivity contribution < 1.29 is 14.3 Å². The summed E-state index contributed by atoms with van der Waals surface area (Å²) in [6.45, 7) is 5.82. The molecular formula is C19H18N2O3S. The Balaban J connectivity index is 1.98. The minimum absolute atomic E-state index is 0.273. The molecule has 0 aliphatic heterocycles. The molecule has 3 aromatic rings. The predicted octanol–water partition coefficient (Wildman–Crippen LogP) is 4.34. The molecule has 5 nitrogen and oxygen atoms in total. The molecule has 2 aromatic heterocycles. The molecule has 0 spiro atoms. The molecule has 0 saturated carbocycles. The number of carbonyl (C=O) groups is 2. The van der Waals surface area contributed by atoms with Crippen molar-refractivity contribution in [3.63, 3.8) is 0 Å². The Bertz CT molecular complexity index is 957. The zero-order valence-electron chi connectivity index (χ0n) is 14.3. The molecule has 0 saturated heterocycles. The van der Waals surface area contributed by atoms with Crippen LogP contribution < -0.4 is 5.32 Å². The monoisotopic (exact) mass is 354 g/mol. The van der Waals surface area contributed by atoms with Gasteiger partial charge in [0.2, 0.25) is 0 Å². The summed E-state index contributed by atoms with van der Waals surface area (Å²) in [6.07, 6.45) is 1.69. The number of esters is 1. The molecule has 0 atom stereocenters. The van der Waals surface area contributed by atoms with E-state index in [0.29, 0.717) is 16.1 Å². The highest BCUT2D eigenvalue weighted by molar-refractivity contribution is 7.16. The first-order valence-electron chi connectivity index (χ1n) is 7.95. The summed E-state index contributed by atoms with van der Waals surface area (Å²) in [4.78, 5) is 30.3. The van der Waals surface area contributed by atoms with E-state index >= 15 is 0 Å². The fourth-order valence-corrected chi connectivity index (χ4v) is 3.68. The topological polar surface area (TPSA) is 68.3 Å². The molecule has 128 valence electrons. The van der Waals surface area contributed by atoms with Gasteiger partial charge in [-0.15, -0.1) is 11.3 Å². The highest BCUT2D eigenvalue weighted by Gasteiger charge is 2.23. The Hall–Kier alpha value is -2.73. The highest BCUT2D eigenvalue weighted by atomic mass is 32.1. The van der Waals surface area contributed by atoms with Gasteiger partial charge in [-0.3, -0.25) is 9.78 Å². The van der Waals surface area contributed by atoms with E-state index in [4.69, 9.17) is 4.74 Å². The number of aryl methyl sites for hydroxylation is 1. The third-order valence-electron chi connectivity index (χ3n) is 3.98. The molecule has 0 fully saturated rings. The molecule has 1 amide bonds. The maximum absolute atomic E-state index is 12.8. The van der Waals surface area contributed by atoms with Gasteiger partial charge in [0.15, 0.2) is 0 Å². The van der Waals surface area contributed by atoms with Crippen LogP contribution in [0.5, 0.6) is 0 Å². The minimum Gasteiger partial charge on any atom is -0.462 e. The van der Waals surface area contributed by atoms with Crippen LogP contribution in [-0.4, -0.2) is 23.5 Å². The van der Waals surface area contributed by atoms with Gasteiger partial charge in [-0.1, -0.05) is 12.1 Å². The number of carbonyl (C=O) groups excluding carboxylic acids is 2. The Labute approximate surface area is 149 Å². The molecule has 2 heterocycles. The molecule has 0 aliphatic rings. The van der Waals surface area contributed by atoms with Gasteiger partial charge in [0.05, 0.1) is 17.7 Å². The number of aromatic nitrogens is 1. The molecule has 0 bridgehead atoms. The van der Waals surface area contributed by atoms with Crippen LogP contribution in [0.25, 0.3) is 10.9 Å². The minimum atomic E-state index is -0.417. The van der Waals surface area contributed by atoms with Crippen LogP contribution in [0, 0.1) is 13.8 Å². The molecule has 3 rings (SSSR count). The first-order chi connectivity index (χ1) is 12.0. The van der Waals surface area contributed by atoms with Crippen molar-refractivity contribution in [3.8, 4) is 0 Å². The van der Waals surface area contributed by atoms with Crippen LogP contribution in [0.2, 0.25) is 0 Å². The number of pyridine rings is 1. The summed E-state index contributed by atoms with van der Waals surface area (Å²) in [5, 5.41) is 4.15. The van der Waals surface area contributed by atoms with Gasteiger partial charge in [-0.05, 0) is 44.5 Å². The second-order valence-corrected chi connectivity index (χ2v) is 6.76. The number of nitrogens with one attached hydrogen (secondary N) is 1. The van der Waals surface area contributed by atoms with E-state index in [2.05, 4.69) is 10.3 Å². The first kappa shape index (κ1) is 17.1. The molecule has 0 radical (unpaired) electrons. The lowest BCUT2D eigenvalue weighted by atomic mass is 10.1. The van der Waals surface area contributed by atoms with Crippen molar-refractivity contribution in [1.82, 2.24) is 4.98 Å². The highest BCUT2D eigenvalue weighted by Crippen LogP contribution is 2.33. The second kappa shape index (κ2) is 7.03. The van der Waals surface area contributed by atoms with Crippen LogP contribution in [-0.2, 0) is 4.74 Å². The molecule has 0 aliphatic carbocycles. The van der Waals surface area contributed by atoms with E-state index in [1.165, 1.54) is 11.3 Å². The van der Waals surface area contributed by atoms with Crippen LogP contribution in [0.1, 0.15) is 38.1 Å². The van der Waals surface area contributed by atoms with Crippen molar-refractivity contribution in [2.75, 3.05) is 11.9 Å². The van der Waals surface area contributed by atoms with Crippen molar-refractivity contribution in [2.24, 2.45) is 0 Å². The molecule has 6 heteroatoms. The molecule has 1 N–H and O–H groups in total. The average molecular weight is 354 g/mol. The van der Waals surface area contributed by atoms with E-state index in [-0.39, 0.29) is 12.5 Å². The van der Waals surface area contributed by atoms with Gasteiger partial charge >= 0.3 is 5.97 Å². The molecular weight excluding hydrogens is 336 g/mol. The third kappa shape index (κ3) is 3.25. The van der Waals surface area contributed by atoms with E-state index in [9.17, 15) is 9.59 Å². The number of ether oxygens (including phenoxy) is 1. The maximum atomic E-state index is 12.8. The lowest BCUT2D eigenvalue weighted by Gasteiger charge is -2.09. The average Bonchev–Trinajstić information content (AvgIpc) is 2.88. The van der Waals surface area contributed by atoms with E-state index < -0.39 is 5.97 Å². The van der Waals surface area contributed by atoms with E-state index in [0.717, 1.165) is 21.3 Å². The quantitative estimate of drug-likeness (QED) is 0.708. The summed E-state index contributed by atoms with van der Waals surface area (Å²) in [6, 6.07) is 9.05. The number of benzene rings is 1. The Morgan fingerprint density at radius 2 is 2.00 bits per heavy atom. The number of hydrogen-bond donors (Lipinski definition) is 1. The number of anilines is 1. The normalized spacial score (nSPS) is 10.7. The second-order valence-electron chi connectivity index (χ2n) is 5.54. The lowest BCUT2D eigenvalue weighted by molar-refractivity contribution is 0.0527. The van der Waals surface area contributed by atoms with Crippen molar-refractivity contribution >= 4 is 39.1 Å². The summed E-state index contributed by atoms with van der Waals surface area (Å²) in [5.74, 6) is -0.690. The summed E-state index contributed by atoms with van der Waals surface area (Å²) in [5.41, 5.74) is 2.53. The summed E-state index contributed by atoms with van der Waals surface area (Å²) < 4.78 is 5.13. The Morgan fingerprint density at radius 1 is 1.20 bits per heavy atom. The van der Waals surface area contributed by atoms with Gasteiger partial charge in [-0.2, -0.15) is 0 Å². The molecule has 0 unspecified atom stereocenters. The van der Waals surface area contributed by atoms with Gasteiger partial charge in [0.1, 0.15) is 5.00 Å². The summed E-state index contributed by atoms with van der Waals surface area (Å²) in [7, 11) is 0. The number of fused-ring (bicyclic) bond motifs is 1. The van der Waals surface area contributed by atoms with Crippen LogP contribution in [0.4, 0.5) is 5.00 Å². The fraction of sp³-hybridized carbons (Fsp3) is 0.211. The van der Waals surface area contributed by atoms with Gasteiger partial charge < -0.3 is 10.1 Å². The SMILES string of the molecule is CCOC(=O)c1c(NC(=O)c2cccc3ncccc23)sc(C)c1C. The Morgan fingerprint density at radius 3 is 2.76 bits per heavy atom. The number of amides is 1. The number of rotatable bonds is 4. The van der Waals surface area contributed by atoms with Gasteiger partial charge in [0, 0.05) is 22.0 Å².